The van der Waals surface area contributed by atoms with Crippen molar-refractivity contribution in [2.75, 3.05) is 7.11 Å². The van der Waals surface area contributed by atoms with Crippen molar-refractivity contribution in [3.63, 3.8) is 0 Å². The smallest absolute Gasteiger partial charge is 0.338 e. The normalized spacial score (nSPS) is 12.5. The van der Waals surface area contributed by atoms with Gasteiger partial charge in [0.15, 0.2) is 0 Å². The van der Waals surface area contributed by atoms with E-state index in [1.54, 1.807) is 12.1 Å². The highest BCUT2D eigenvalue weighted by Gasteiger charge is 2.21. The maximum absolute atomic E-state index is 12.2. The second-order valence-corrected chi connectivity index (χ2v) is 6.53. The summed E-state index contributed by atoms with van der Waals surface area (Å²) in [6.45, 7) is 5.31. The Morgan fingerprint density at radius 1 is 1.18 bits per heavy atom. The van der Waals surface area contributed by atoms with E-state index in [2.05, 4.69) is 0 Å². The Morgan fingerprint density at radius 2 is 1.77 bits per heavy atom. The fourth-order valence-electron chi connectivity index (χ4n) is 1.87. The number of hydrogen-bond donors (Lipinski definition) is 0. The molecule has 0 amide bonds. The topological polar surface area (TPSA) is 69.7 Å². The molecule has 0 aliphatic carbocycles. The number of methoxy groups -OCH3 is 1. The predicted octanol–water partition coefficient (Wildman–Crippen LogP) is 3.34. The highest BCUT2D eigenvalue weighted by molar-refractivity contribution is 7.86. The van der Waals surface area contributed by atoms with E-state index in [1.807, 2.05) is 13.8 Å². The lowest BCUT2D eigenvalue weighted by atomic mass is 10.1. The SMILES string of the molecule is CCCC/C(C(=O)OC)=C(/C)OS(=O)(=O)c1ccc(C)cc1. The number of hydrogen-bond acceptors (Lipinski definition) is 5. The number of unbranched alkanes of at least 4 members (excludes halogenated alkanes) is 1. The van der Waals surface area contributed by atoms with Gasteiger partial charge >= 0.3 is 16.1 Å². The van der Waals surface area contributed by atoms with Crippen LogP contribution in [0.1, 0.15) is 38.7 Å². The molecule has 0 saturated heterocycles. The predicted molar refractivity (Wildman–Crippen MR) is 83.7 cm³/mol. The van der Waals surface area contributed by atoms with Crippen molar-refractivity contribution in [3.05, 3.63) is 41.2 Å². The first kappa shape index (κ1) is 18.2. The molecule has 1 aromatic rings. The van der Waals surface area contributed by atoms with Crippen molar-refractivity contribution >= 4 is 16.1 Å². The molecule has 0 aliphatic rings. The average molecular weight is 326 g/mol. The van der Waals surface area contributed by atoms with Crippen molar-refractivity contribution in [3.8, 4) is 0 Å². The van der Waals surface area contributed by atoms with Crippen LogP contribution in [-0.4, -0.2) is 21.5 Å². The Morgan fingerprint density at radius 3 is 2.27 bits per heavy atom. The van der Waals surface area contributed by atoms with E-state index in [0.717, 1.165) is 18.4 Å². The van der Waals surface area contributed by atoms with Gasteiger partial charge in [0.2, 0.25) is 0 Å². The van der Waals surface area contributed by atoms with Crippen LogP contribution in [0.25, 0.3) is 0 Å². The molecule has 122 valence electrons. The number of aryl methyl sites for hydroxylation is 1. The molecule has 5 nitrogen and oxygen atoms in total. The summed E-state index contributed by atoms with van der Waals surface area (Å²) in [5, 5.41) is 0. The molecule has 0 saturated carbocycles. The van der Waals surface area contributed by atoms with Gasteiger partial charge in [-0.15, -0.1) is 0 Å². The van der Waals surface area contributed by atoms with Crippen LogP contribution in [0.15, 0.2) is 40.5 Å². The first-order chi connectivity index (χ1) is 10.3. The zero-order valence-corrected chi connectivity index (χ0v) is 14.2. The van der Waals surface area contributed by atoms with Crippen molar-refractivity contribution in [2.24, 2.45) is 0 Å². The highest BCUT2D eigenvalue weighted by atomic mass is 32.2. The minimum absolute atomic E-state index is 0.0529. The van der Waals surface area contributed by atoms with Gasteiger partial charge in [-0.25, -0.2) is 4.79 Å². The molecular formula is C16H22O5S. The number of benzene rings is 1. The lowest BCUT2D eigenvalue weighted by molar-refractivity contribution is -0.136. The Balaban J connectivity index is 3.08. The fraction of sp³-hybridized carbons (Fsp3) is 0.438. The van der Waals surface area contributed by atoms with Gasteiger partial charge in [-0.1, -0.05) is 31.0 Å². The number of allylic oxidation sites excluding steroid dienone is 1. The summed E-state index contributed by atoms with van der Waals surface area (Å²) in [7, 11) is -2.69. The minimum atomic E-state index is -3.95. The van der Waals surface area contributed by atoms with Crippen LogP contribution in [0.5, 0.6) is 0 Å². The van der Waals surface area contributed by atoms with Gasteiger partial charge in [-0.2, -0.15) is 8.42 Å². The third-order valence-corrected chi connectivity index (χ3v) is 4.50. The van der Waals surface area contributed by atoms with Gasteiger partial charge in [-0.05, 0) is 38.8 Å². The number of carbonyl (C=O) groups is 1. The van der Waals surface area contributed by atoms with Crippen molar-refractivity contribution in [2.45, 2.75) is 44.9 Å². The largest absolute Gasteiger partial charge is 0.466 e. The molecule has 1 rings (SSSR count). The minimum Gasteiger partial charge on any atom is -0.466 e. The summed E-state index contributed by atoms with van der Waals surface area (Å²) in [5.41, 5.74) is 1.20. The monoisotopic (exact) mass is 326 g/mol. The van der Waals surface area contributed by atoms with E-state index < -0.39 is 16.1 Å². The Labute approximate surface area is 132 Å². The van der Waals surface area contributed by atoms with Gasteiger partial charge in [0.05, 0.1) is 12.7 Å². The summed E-state index contributed by atoms with van der Waals surface area (Å²) in [6.07, 6.45) is 2.03. The van der Waals surface area contributed by atoms with E-state index >= 15 is 0 Å². The number of esters is 1. The first-order valence-corrected chi connectivity index (χ1v) is 8.52. The molecular weight excluding hydrogens is 304 g/mol. The van der Waals surface area contributed by atoms with Gasteiger partial charge < -0.3 is 8.92 Å². The maximum atomic E-state index is 12.2. The van der Waals surface area contributed by atoms with E-state index in [0.29, 0.717) is 6.42 Å². The van der Waals surface area contributed by atoms with E-state index in [1.165, 1.54) is 26.2 Å². The molecule has 0 aromatic heterocycles. The third kappa shape index (κ3) is 4.87. The van der Waals surface area contributed by atoms with Crippen molar-refractivity contribution < 1.29 is 22.1 Å². The Hall–Kier alpha value is -1.82. The standard InChI is InChI=1S/C16H22O5S/c1-5-6-7-15(16(17)20-4)13(3)21-22(18,19)14-10-8-12(2)9-11-14/h8-11H,5-7H2,1-4H3/b15-13+. The van der Waals surface area contributed by atoms with E-state index in [4.69, 9.17) is 8.92 Å². The van der Waals surface area contributed by atoms with E-state index in [9.17, 15) is 13.2 Å². The average Bonchev–Trinajstić information content (AvgIpc) is 2.47. The summed E-state index contributed by atoms with van der Waals surface area (Å²) in [6, 6.07) is 6.32. The van der Waals surface area contributed by atoms with Crippen LogP contribution in [0, 0.1) is 6.92 Å². The summed E-state index contributed by atoms with van der Waals surface area (Å²) in [5.74, 6) is -0.508. The van der Waals surface area contributed by atoms with Crippen LogP contribution in [0.4, 0.5) is 0 Å². The zero-order chi connectivity index (χ0) is 16.8. The zero-order valence-electron chi connectivity index (χ0n) is 13.4. The molecule has 0 spiro atoms. The quantitative estimate of drug-likeness (QED) is 0.333. The van der Waals surface area contributed by atoms with Crippen LogP contribution >= 0.6 is 0 Å². The Bertz CT molecular complexity index is 642. The van der Waals surface area contributed by atoms with Gasteiger partial charge in [0.1, 0.15) is 10.7 Å². The molecule has 0 N–H and O–H groups in total. The van der Waals surface area contributed by atoms with E-state index in [-0.39, 0.29) is 16.2 Å². The molecule has 0 heterocycles. The lowest BCUT2D eigenvalue weighted by Gasteiger charge is -2.12. The maximum Gasteiger partial charge on any atom is 0.338 e. The molecule has 0 unspecified atom stereocenters. The molecule has 22 heavy (non-hydrogen) atoms. The van der Waals surface area contributed by atoms with Crippen molar-refractivity contribution in [1.29, 1.82) is 0 Å². The molecule has 0 bridgehead atoms. The number of carbonyl (C=O) groups excluding carboxylic acids is 1. The number of rotatable bonds is 7. The second kappa shape index (κ2) is 7.98. The molecule has 0 atom stereocenters. The highest BCUT2D eigenvalue weighted by Crippen LogP contribution is 2.21. The molecule has 0 radical (unpaired) electrons. The summed E-state index contributed by atoms with van der Waals surface area (Å²) < 4.78 is 34.3. The van der Waals surface area contributed by atoms with Crippen LogP contribution < -0.4 is 0 Å². The van der Waals surface area contributed by atoms with Crippen molar-refractivity contribution in [1.82, 2.24) is 0 Å². The van der Waals surface area contributed by atoms with Crippen LogP contribution in [0.2, 0.25) is 0 Å². The van der Waals surface area contributed by atoms with Gasteiger partial charge in [0.25, 0.3) is 0 Å². The Kier molecular flexibility index (Phi) is 6.61. The van der Waals surface area contributed by atoms with Gasteiger partial charge in [0, 0.05) is 0 Å². The lowest BCUT2D eigenvalue weighted by Crippen LogP contribution is -2.12. The molecule has 1 aromatic carbocycles. The summed E-state index contributed by atoms with van der Waals surface area (Å²) in [4.78, 5) is 11.8. The third-order valence-electron chi connectivity index (χ3n) is 3.18. The van der Waals surface area contributed by atoms with Gasteiger partial charge in [-0.3, -0.25) is 0 Å². The fourth-order valence-corrected chi connectivity index (χ4v) is 2.86. The van der Waals surface area contributed by atoms with Crippen LogP contribution in [-0.2, 0) is 23.8 Å². The first-order valence-electron chi connectivity index (χ1n) is 7.11. The molecule has 0 fully saturated rings. The second-order valence-electron chi connectivity index (χ2n) is 4.98. The molecule has 0 aliphatic heterocycles. The summed E-state index contributed by atoms with van der Waals surface area (Å²) >= 11 is 0. The number of ether oxygens (including phenoxy) is 1. The van der Waals surface area contributed by atoms with Crippen LogP contribution in [0.3, 0.4) is 0 Å². The molecule has 6 heteroatoms.